The summed E-state index contributed by atoms with van der Waals surface area (Å²) in [5.74, 6) is 1.72. The van der Waals surface area contributed by atoms with Crippen molar-refractivity contribution in [1.29, 1.82) is 0 Å². The Morgan fingerprint density at radius 3 is 1.85 bits per heavy atom. The molecule has 0 fully saturated rings. The first-order valence-electron chi connectivity index (χ1n) is 20.7. The van der Waals surface area contributed by atoms with Gasteiger partial charge in [0.05, 0.1) is 16.7 Å². The molecule has 1 atom stereocenters. The van der Waals surface area contributed by atoms with Crippen molar-refractivity contribution in [3.63, 3.8) is 0 Å². The third-order valence-corrected chi connectivity index (χ3v) is 12.5. The van der Waals surface area contributed by atoms with Crippen molar-refractivity contribution < 1.29 is 4.74 Å². The maximum absolute atomic E-state index is 6.81. The van der Waals surface area contributed by atoms with Crippen LogP contribution in [0.2, 0.25) is 0 Å². The van der Waals surface area contributed by atoms with Crippen molar-refractivity contribution in [2.24, 2.45) is 0 Å². The lowest BCUT2D eigenvalue weighted by atomic mass is 9.74. The fourth-order valence-electron chi connectivity index (χ4n) is 9.57. The maximum Gasteiger partial charge on any atom is 0.131 e. The second-order valence-corrected chi connectivity index (χ2v) is 15.9. The summed E-state index contributed by atoms with van der Waals surface area (Å²) in [5.41, 5.74) is 15.8. The number of aryl methyl sites for hydroxylation is 1. The van der Waals surface area contributed by atoms with Gasteiger partial charge in [0.1, 0.15) is 11.5 Å². The highest BCUT2D eigenvalue weighted by Crippen LogP contribution is 2.58. The van der Waals surface area contributed by atoms with E-state index in [0.717, 1.165) is 50.9 Å². The highest BCUT2D eigenvalue weighted by atomic mass is 16.5. The van der Waals surface area contributed by atoms with E-state index in [1.807, 2.05) is 6.07 Å². The molecule has 1 unspecified atom stereocenters. The Morgan fingerprint density at radius 2 is 1.05 bits per heavy atom. The van der Waals surface area contributed by atoms with Gasteiger partial charge in [-0.15, -0.1) is 0 Å². The van der Waals surface area contributed by atoms with Crippen LogP contribution in [0.3, 0.4) is 0 Å². The topological polar surface area (TPSA) is 17.4 Å². The summed E-state index contributed by atoms with van der Waals surface area (Å²) in [7, 11) is 0. The fraction of sp³-hybridized carbons (Fsp3) is 0.0526. The molecule has 0 saturated carbocycles. The van der Waals surface area contributed by atoms with Crippen molar-refractivity contribution in [3.8, 4) is 39.4 Å². The van der Waals surface area contributed by atoms with E-state index >= 15 is 0 Å². The average molecular weight is 771 g/mol. The Labute approximate surface area is 351 Å². The van der Waals surface area contributed by atoms with Gasteiger partial charge < -0.3 is 14.2 Å². The Kier molecular flexibility index (Phi) is 8.49. The van der Waals surface area contributed by atoms with E-state index < -0.39 is 5.41 Å². The largest absolute Gasteiger partial charge is 0.457 e. The Balaban J connectivity index is 1.15. The average Bonchev–Trinajstić information content (AvgIpc) is 3.78. The predicted octanol–water partition coefficient (Wildman–Crippen LogP) is 15.4. The van der Waals surface area contributed by atoms with Gasteiger partial charge in [-0.1, -0.05) is 158 Å². The van der Waals surface area contributed by atoms with Crippen LogP contribution in [0, 0.1) is 6.92 Å². The van der Waals surface area contributed by atoms with Crippen LogP contribution in [-0.2, 0) is 5.41 Å². The number of para-hydroxylation sites is 4. The van der Waals surface area contributed by atoms with Crippen LogP contribution in [0.15, 0.2) is 218 Å². The summed E-state index contributed by atoms with van der Waals surface area (Å²) in [4.78, 5) is 2.46. The molecule has 0 bridgehead atoms. The lowest BCUT2D eigenvalue weighted by molar-refractivity contribution is 0.464. The van der Waals surface area contributed by atoms with E-state index in [1.165, 1.54) is 49.7 Å². The number of fused-ring (bicyclic) bond motifs is 6. The number of rotatable bonds is 8. The van der Waals surface area contributed by atoms with Gasteiger partial charge in [0.25, 0.3) is 0 Å². The third-order valence-electron chi connectivity index (χ3n) is 12.5. The van der Waals surface area contributed by atoms with E-state index in [0.29, 0.717) is 0 Å². The molecule has 286 valence electrons. The number of ether oxygens (including phenoxy) is 1. The molecule has 1 aliphatic carbocycles. The molecule has 0 radical (unpaired) electrons. The van der Waals surface area contributed by atoms with Crippen molar-refractivity contribution >= 4 is 38.9 Å². The van der Waals surface area contributed by atoms with E-state index in [2.05, 4.69) is 236 Å². The van der Waals surface area contributed by atoms with Crippen molar-refractivity contribution in [3.05, 3.63) is 241 Å². The van der Waals surface area contributed by atoms with Crippen molar-refractivity contribution in [2.75, 3.05) is 4.90 Å². The monoisotopic (exact) mass is 770 g/mol. The molecule has 3 nitrogen and oxygen atoms in total. The maximum atomic E-state index is 6.81. The first-order chi connectivity index (χ1) is 29.6. The zero-order valence-corrected chi connectivity index (χ0v) is 33.6. The van der Waals surface area contributed by atoms with Gasteiger partial charge in [-0.25, -0.2) is 0 Å². The molecule has 0 saturated heterocycles. The van der Waals surface area contributed by atoms with Crippen LogP contribution >= 0.6 is 0 Å². The Hall–Kier alpha value is -7.62. The van der Waals surface area contributed by atoms with Crippen LogP contribution < -0.4 is 9.64 Å². The lowest BCUT2D eigenvalue weighted by Crippen LogP contribution is -2.23. The molecule has 0 amide bonds. The zero-order valence-electron chi connectivity index (χ0n) is 33.6. The SMILES string of the molecule is Cc1ccccc1Oc1ccccc1C1(C)c2ccccc2-c2c(N(c3ccc(-c4ccccc4)cc3)c3ccc4c5ccccc5n(-c5ccccc5)c4c3)cccc21. The Bertz CT molecular complexity index is 3200. The van der Waals surface area contributed by atoms with Gasteiger partial charge in [0.15, 0.2) is 0 Å². The molecular weight excluding hydrogens is 729 g/mol. The van der Waals surface area contributed by atoms with Crippen molar-refractivity contribution in [2.45, 2.75) is 19.3 Å². The van der Waals surface area contributed by atoms with Crippen LogP contribution in [0.4, 0.5) is 17.1 Å². The molecule has 1 aliphatic rings. The molecule has 1 aromatic heterocycles. The molecule has 0 aliphatic heterocycles. The second kappa shape index (κ2) is 14.3. The highest BCUT2D eigenvalue weighted by molar-refractivity contribution is 6.10. The number of nitrogens with zero attached hydrogens (tertiary/aromatic N) is 2. The molecule has 10 aromatic rings. The summed E-state index contributed by atoms with van der Waals surface area (Å²) in [5, 5.41) is 2.46. The van der Waals surface area contributed by atoms with E-state index in [4.69, 9.17) is 4.74 Å². The van der Waals surface area contributed by atoms with Gasteiger partial charge in [0, 0.05) is 44.4 Å². The lowest BCUT2D eigenvalue weighted by Gasteiger charge is -2.31. The smallest absolute Gasteiger partial charge is 0.131 e. The first-order valence-corrected chi connectivity index (χ1v) is 20.7. The van der Waals surface area contributed by atoms with Gasteiger partial charge in [-0.2, -0.15) is 0 Å². The predicted molar refractivity (Wildman–Crippen MR) is 250 cm³/mol. The number of benzene rings is 9. The molecule has 1 heterocycles. The zero-order chi connectivity index (χ0) is 40.2. The van der Waals surface area contributed by atoms with Crippen LogP contribution in [0.25, 0.3) is 49.7 Å². The number of hydrogen-bond acceptors (Lipinski definition) is 2. The van der Waals surface area contributed by atoms with Gasteiger partial charge >= 0.3 is 0 Å². The highest BCUT2D eigenvalue weighted by Gasteiger charge is 2.44. The molecule has 0 spiro atoms. The van der Waals surface area contributed by atoms with Gasteiger partial charge in [-0.3, -0.25) is 0 Å². The van der Waals surface area contributed by atoms with E-state index in [1.54, 1.807) is 0 Å². The van der Waals surface area contributed by atoms with Gasteiger partial charge in [-0.05, 0) is 108 Å². The molecule has 3 heteroatoms. The fourth-order valence-corrected chi connectivity index (χ4v) is 9.57. The second-order valence-electron chi connectivity index (χ2n) is 15.9. The quantitative estimate of drug-likeness (QED) is 0.153. The summed E-state index contributed by atoms with van der Waals surface area (Å²) in [6.45, 7) is 4.47. The summed E-state index contributed by atoms with van der Waals surface area (Å²) >= 11 is 0. The van der Waals surface area contributed by atoms with Crippen LogP contribution in [0.5, 0.6) is 11.5 Å². The van der Waals surface area contributed by atoms with Gasteiger partial charge in [0.2, 0.25) is 0 Å². The molecule has 0 N–H and O–H groups in total. The first kappa shape index (κ1) is 35.5. The minimum absolute atomic E-state index is 0.506. The third kappa shape index (κ3) is 5.66. The normalized spacial score (nSPS) is 14.2. The molecule has 9 aromatic carbocycles. The standard InChI is InChI=1S/C57H42N2O/c1-39-18-9-15-30-54(39)60-55-31-16-13-26-49(55)57(2)48-25-12-10-24-47(48)56-50(57)27-17-29-52(56)58(43-34-32-41(33-35-43)40-19-5-3-6-20-40)44-36-37-46-45-23-11-14-28-51(45)59(53(46)38-44)42-21-7-4-8-22-42/h3-38H,1-2H3. The summed E-state index contributed by atoms with van der Waals surface area (Å²) in [6.07, 6.45) is 0. The minimum atomic E-state index is -0.506. The molecule has 11 rings (SSSR count). The van der Waals surface area contributed by atoms with Crippen molar-refractivity contribution in [1.82, 2.24) is 4.57 Å². The Morgan fingerprint density at radius 1 is 0.450 bits per heavy atom. The number of anilines is 3. The van der Waals surface area contributed by atoms with E-state index in [9.17, 15) is 0 Å². The summed E-state index contributed by atoms with van der Waals surface area (Å²) in [6, 6.07) is 78.6. The van der Waals surface area contributed by atoms with E-state index in [-0.39, 0.29) is 0 Å². The van der Waals surface area contributed by atoms with Crippen LogP contribution in [-0.4, -0.2) is 4.57 Å². The number of aromatic nitrogens is 1. The number of hydrogen-bond donors (Lipinski definition) is 0. The molecular formula is C57H42N2O. The summed E-state index contributed by atoms with van der Waals surface area (Å²) < 4.78 is 9.21. The molecule has 60 heavy (non-hydrogen) atoms. The van der Waals surface area contributed by atoms with Crippen LogP contribution in [0.1, 0.15) is 29.2 Å². The minimum Gasteiger partial charge on any atom is -0.457 e.